The molecule has 7 nitrogen and oxygen atoms in total. The van der Waals surface area contributed by atoms with Crippen molar-refractivity contribution in [1.82, 2.24) is 20.9 Å². The van der Waals surface area contributed by atoms with Gasteiger partial charge in [-0.3, -0.25) is 4.79 Å². The molecule has 1 aromatic carbocycles. The number of aliphatic hydroxyl groups is 1. The average molecular weight is 548 g/mol. The number of rotatable bonds is 13. The molecular formula is C23H42IN5O2. The Hall–Kier alpha value is -1.39. The third-order valence-corrected chi connectivity index (χ3v) is 4.81. The molecule has 0 fully saturated rings. The fourth-order valence-corrected chi connectivity index (χ4v) is 3.30. The number of aliphatic imine (C=N–C) groups is 1. The number of halogens is 1. The summed E-state index contributed by atoms with van der Waals surface area (Å²) in [7, 11) is 3.96. The zero-order chi connectivity index (χ0) is 22.4. The smallest absolute Gasteiger partial charge is 0.251 e. The lowest BCUT2D eigenvalue weighted by molar-refractivity contribution is 0.0257. The quantitative estimate of drug-likeness (QED) is 0.173. The summed E-state index contributed by atoms with van der Waals surface area (Å²) in [5.41, 5.74) is 0.883. The van der Waals surface area contributed by atoms with E-state index in [1.165, 1.54) is 0 Å². The van der Waals surface area contributed by atoms with E-state index in [1.54, 1.807) is 0 Å². The highest BCUT2D eigenvalue weighted by Crippen LogP contribution is 2.18. The van der Waals surface area contributed by atoms with Crippen LogP contribution >= 0.6 is 24.0 Å². The molecule has 0 aliphatic rings. The Morgan fingerprint density at radius 3 is 2.35 bits per heavy atom. The lowest BCUT2D eigenvalue weighted by atomic mass is 9.93. The fourth-order valence-electron chi connectivity index (χ4n) is 3.30. The number of hydrogen-bond donors (Lipinski definition) is 4. The van der Waals surface area contributed by atoms with Gasteiger partial charge in [-0.05, 0) is 51.6 Å². The summed E-state index contributed by atoms with van der Waals surface area (Å²) in [6, 6.07) is 7.54. The van der Waals surface area contributed by atoms with Gasteiger partial charge in [0, 0.05) is 31.7 Å². The van der Waals surface area contributed by atoms with E-state index in [-0.39, 0.29) is 29.9 Å². The Kier molecular flexibility index (Phi) is 15.5. The van der Waals surface area contributed by atoms with Crippen LogP contribution in [0.25, 0.3) is 0 Å². The molecule has 0 atom stereocenters. The minimum Gasteiger partial charge on any atom is -0.388 e. The Morgan fingerprint density at radius 1 is 1.10 bits per heavy atom. The molecule has 0 saturated heterocycles. The van der Waals surface area contributed by atoms with Crippen molar-refractivity contribution in [2.45, 2.75) is 58.6 Å². The van der Waals surface area contributed by atoms with E-state index in [4.69, 9.17) is 0 Å². The summed E-state index contributed by atoms with van der Waals surface area (Å²) in [5, 5.41) is 20.3. The molecule has 0 aliphatic carbocycles. The van der Waals surface area contributed by atoms with Crippen LogP contribution in [-0.2, 0) is 6.54 Å². The lowest BCUT2D eigenvalue weighted by Gasteiger charge is -2.28. The molecule has 1 amide bonds. The molecule has 1 aromatic rings. The van der Waals surface area contributed by atoms with E-state index >= 15 is 0 Å². The van der Waals surface area contributed by atoms with Crippen molar-refractivity contribution in [3.63, 3.8) is 0 Å². The molecular weight excluding hydrogens is 505 g/mol. The van der Waals surface area contributed by atoms with Gasteiger partial charge in [0.25, 0.3) is 5.91 Å². The van der Waals surface area contributed by atoms with Crippen LogP contribution in [0.1, 0.15) is 62.4 Å². The van der Waals surface area contributed by atoms with E-state index < -0.39 is 5.60 Å². The zero-order valence-electron chi connectivity index (χ0n) is 19.8. The first-order valence-electron chi connectivity index (χ1n) is 11.1. The van der Waals surface area contributed by atoms with Crippen molar-refractivity contribution in [1.29, 1.82) is 0 Å². The molecule has 4 N–H and O–H groups in total. The standard InChI is InChI=1S/C23H41N5O2.HI/c1-6-12-23(30,13-7-2)18-27-22(24-8-3)26-17-19-10-9-11-20(16-19)21(29)25-14-15-28(4)5;/h9-11,16,30H,6-8,12-15,17-18H2,1-5H3,(H,25,29)(H2,24,26,27);1H. The summed E-state index contributed by atoms with van der Waals surface area (Å²) in [6.07, 6.45) is 3.40. The lowest BCUT2D eigenvalue weighted by Crippen LogP contribution is -2.47. The third-order valence-electron chi connectivity index (χ3n) is 4.81. The fraction of sp³-hybridized carbons (Fsp3) is 0.652. The Morgan fingerprint density at radius 2 is 1.77 bits per heavy atom. The van der Waals surface area contributed by atoms with Crippen LogP contribution in [0.2, 0.25) is 0 Å². The van der Waals surface area contributed by atoms with E-state index in [1.807, 2.05) is 50.2 Å². The molecule has 0 saturated carbocycles. The molecule has 0 unspecified atom stereocenters. The minimum atomic E-state index is -0.718. The predicted molar refractivity (Wildman–Crippen MR) is 140 cm³/mol. The third kappa shape index (κ3) is 12.3. The van der Waals surface area contributed by atoms with Crippen LogP contribution in [0.5, 0.6) is 0 Å². The normalized spacial score (nSPS) is 11.8. The SMILES string of the molecule is CCCC(O)(CCC)CNC(=NCc1cccc(C(=O)NCCN(C)C)c1)NCC.I. The Balaban J connectivity index is 0.00000900. The maximum Gasteiger partial charge on any atom is 0.251 e. The number of hydrogen-bond acceptors (Lipinski definition) is 4. The molecule has 178 valence electrons. The molecule has 0 heterocycles. The second-order valence-electron chi connectivity index (χ2n) is 8.03. The van der Waals surface area contributed by atoms with Crippen molar-refractivity contribution in [3.8, 4) is 0 Å². The first-order chi connectivity index (χ1) is 14.3. The molecule has 8 heteroatoms. The topological polar surface area (TPSA) is 89.0 Å². The number of carbonyl (C=O) groups excluding carboxylic acids is 1. The van der Waals surface area contributed by atoms with Crippen LogP contribution in [0, 0.1) is 0 Å². The highest BCUT2D eigenvalue weighted by molar-refractivity contribution is 14.0. The number of likely N-dealkylation sites (N-methyl/N-ethyl adjacent to an activating group) is 1. The summed E-state index contributed by atoms with van der Waals surface area (Å²) in [6.45, 7) is 9.26. The van der Waals surface area contributed by atoms with Crippen LogP contribution in [-0.4, -0.2) is 67.7 Å². The van der Waals surface area contributed by atoms with E-state index in [0.717, 1.165) is 44.3 Å². The van der Waals surface area contributed by atoms with Crippen LogP contribution in [0.3, 0.4) is 0 Å². The highest BCUT2D eigenvalue weighted by atomic mass is 127. The van der Waals surface area contributed by atoms with Crippen molar-refractivity contribution in [3.05, 3.63) is 35.4 Å². The van der Waals surface area contributed by atoms with Crippen molar-refractivity contribution < 1.29 is 9.90 Å². The predicted octanol–water partition coefficient (Wildman–Crippen LogP) is 2.98. The Bertz CT molecular complexity index is 661. The van der Waals surface area contributed by atoms with Crippen LogP contribution in [0.15, 0.2) is 29.3 Å². The van der Waals surface area contributed by atoms with Gasteiger partial charge in [-0.25, -0.2) is 4.99 Å². The summed E-state index contributed by atoms with van der Waals surface area (Å²) in [5.74, 6) is 0.598. The van der Waals surface area contributed by atoms with Gasteiger partial charge in [0.15, 0.2) is 5.96 Å². The van der Waals surface area contributed by atoms with E-state index in [9.17, 15) is 9.90 Å². The number of benzene rings is 1. The first-order valence-corrected chi connectivity index (χ1v) is 11.1. The van der Waals surface area contributed by atoms with E-state index in [2.05, 4.69) is 34.8 Å². The number of carbonyl (C=O) groups is 1. The summed E-state index contributed by atoms with van der Waals surface area (Å²) in [4.78, 5) is 19.0. The van der Waals surface area contributed by atoms with Crippen LogP contribution < -0.4 is 16.0 Å². The number of amides is 1. The van der Waals surface area contributed by atoms with Gasteiger partial charge in [-0.15, -0.1) is 24.0 Å². The Labute approximate surface area is 205 Å². The van der Waals surface area contributed by atoms with Gasteiger partial charge >= 0.3 is 0 Å². The summed E-state index contributed by atoms with van der Waals surface area (Å²) >= 11 is 0. The maximum absolute atomic E-state index is 12.3. The molecule has 1 rings (SSSR count). The second kappa shape index (κ2) is 16.3. The first kappa shape index (κ1) is 29.6. The highest BCUT2D eigenvalue weighted by Gasteiger charge is 2.24. The molecule has 0 aromatic heterocycles. The van der Waals surface area contributed by atoms with Gasteiger partial charge in [0.05, 0.1) is 12.1 Å². The summed E-state index contributed by atoms with van der Waals surface area (Å²) < 4.78 is 0. The zero-order valence-corrected chi connectivity index (χ0v) is 22.2. The van der Waals surface area contributed by atoms with Crippen molar-refractivity contribution in [2.75, 3.05) is 40.3 Å². The largest absolute Gasteiger partial charge is 0.388 e. The maximum atomic E-state index is 12.3. The molecule has 0 bridgehead atoms. The molecule has 0 aliphatic heterocycles. The number of guanidine groups is 1. The van der Waals surface area contributed by atoms with Crippen molar-refractivity contribution in [2.24, 2.45) is 4.99 Å². The van der Waals surface area contributed by atoms with Gasteiger partial charge in [0.1, 0.15) is 0 Å². The second-order valence-corrected chi connectivity index (χ2v) is 8.03. The molecule has 0 spiro atoms. The average Bonchev–Trinajstić information content (AvgIpc) is 2.70. The number of nitrogens with zero attached hydrogens (tertiary/aromatic N) is 2. The van der Waals surface area contributed by atoms with Gasteiger partial charge in [-0.1, -0.05) is 38.8 Å². The van der Waals surface area contributed by atoms with Crippen molar-refractivity contribution >= 4 is 35.8 Å². The van der Waals surface area contributed by atoms with Gasteiger partial charge in [0.2, 0.25) is 0 Å². The van der Waals surface area contributed by atoms with E-state index in [0.29, 0.717) is 31.2 Å². The van der Waals surface area contributed by atoms with Gasteiger partial charge < -0.3 is 26.0 Å². The monoisotopic (exact) mass is 547 g/mol. The van der Waals surface area contributed by atoms with Gasteiger partial charge in [-0.2, -0.15) is 0 Å². The van der Waals surface area contributed by atoms with Crippen LogP contribution in [0.4, 0.5) is 0 Å². The molecule has 0 radical (unpaired) electrons. The number of nitrogens with one attached hydrogen (secondary N) is 3. The minimum absolute atomic E-state index is 0. The molecule has 31 heavy (non-hydrogen) atoms.